The van der Waals surface area contributed by atoms with E-state index in [0.717, 1.165) is 31.1 Å². The largest absolute Gasteiger partial charge is 0.497 e. The predicted molar refractivity (Wildman–Crippen MR) is 83.3 cm³/mol. The fraction of sp³-hybridized carbons (Fsp3) is 0.562. The van der Waals surface area contributed by atoms with E-state index < -0.39 is 0 Å². The van der Waals surface area contributed by atoms with E-state index in [4.69, 9.17) is 4.74 Å². The third kappa shape index (κ3) is 4.75. The van der Waals surface area contributed by atoms with Crippen molar-refractivity contribution in [3.8, 4) is 11.8 Å². The summed E-state index contributed by atoms with van der Waals surface area (Å²) in [5, 5.41) is 9.31. The Hall–Kier alpha value is -1.73. The summed E-state index contributed by atoms with van der Waals surface area (Å²) in [7, 11) is 5.77. The van der Waals surface area contributed by atoms with E-state index in [1.165, 1.54) is 0 Å². The number of rotatable bonds is 7. The average Bonchev–Trinajstić information content (AvgIpc) is 2.42. The molecule has 0 bridgehead atoms. The lowest BCUT2D eigenvalue weighted by molar-refractivity contribution is 0.407. The van der Waals surface area contributed by atoms with Crippen molar-refractivity contribution in [2.45, 2.75) is 13.8 Å². The van der Waals surface area contributed by atoms with Gasteiger partial charge in [0, 0.05) is 25.7 Å². The molecular formula is C16H25N3O. The molecule has 4 nitrogen and oxygen atoms in total. The molecule has 0 fully saturated rings. The first kappa shape index (κ1) is 16.3. The maximum Gasteiger partial charge on any atom is 0.121 e. The first-order valence-corrected chi connectivity index (χ1v) is 6.95. The van der Waals surface area contributed by atoms with Gasteiger partial charge in [0.1, 0.15) is 11.8 Å². The summed E-state index contributed by atoms with van der Waals surface area (Å²) in [6.45, 7) is 7.15. The van der Waals surface area contributed by atoms with Gasteiger partial charge in [0.15, 0.2) is 0 Å². The zero-order valence-corrected chi connectivity index (χ0v) is 13.2. The molecule has 0 heterocycles. The van der Waals surface area contributed by atoms with E-state index >= 15 is 0 Å². The first-order chi connectivity index (χ1) is 9.47. The molecule has 0 radical (unpaired) electrons. The zero-order valence-electron chi connectivity index (χ0n) is 13.2. The van der Waals surface area contributed by atoms with Crippen molar-refractivity contribution in [2.24, 2.45) is 5.92 Å². The van der Waals surface area contributed by atoms with Crippen LogP contribution in [0.4, 0.5) is 5.69 Å². The topological polar surface area (TPSA) is 39.5 Å². The van der Waals surface area contributed by atoms with Gasteiger partial charge >= 0.3 is 0 Å². The lowest BCUT2D eigenvalue weighted by Crippen LogP contribution is -2.34. The van der Waals surface area contributed by atoms with Crippen molar-refractivity contribution in [3.05, 3.63) is 23.8 Å². The first-order valence-electron chi connectivity index (χ1n) is 6.95. The van der Waals surface area contributed by atoms with E-state index in [-0.39, 0.29) is 0 Å². The molecule has 0 atom stereocenters. The maximum atomic E-state index is 9.31. The fourth-order valence-corrected chi connectivity index (χ4v) is 2.07. The maximum absolute atomic E-state index is 9.31. The Kier molecular flexibility index (Phi) is 6.33. The molecule has 1 aromatic carbocycles. The van der Waals surface area contributed by atoms with E-state index in [1.54, 1.807) is 7.11 Å². The minimum Gasteiger partial charge on any atom is -0.497 e. The van der Waals surface area contributed by atoms with E-state index in [9.17, 15) is 5.26 Å². The van der Waals surface area contributed by atoms with Crippen molar-refractivity contribution < 1.29 is 4.74 Å². The number of hydrogen-bond acceptors (Lipinski definition) is 4. The molecule has 0 unspecified atom stereocenters. The molecule has 0 spiro atoms. The van der Waals surface area contributed by atoms with Crippen LogP contribution in [0.3, 0.4) is 0 Å². The standard InChI is InChI=1S/C16H25N3O/c1-13(2)12-19(9-8-18(3)4)16-10-15(20-5)7-6-14(16)11-17/h6-7,10,13H,8-9,12H2,1-5H3. The van der Waals surface area contributed by atoms with Gasteiger partial charge in [-0.25, -0.2) is 0 Å². The lowest BCUT2D eigenvalue weighted by atomic mass is 10.1. The number of ether oxygens (including phenoxy) is 1. The van der Waals surface area contributed by atoms with Crippen molar-refractivity contribution in [3.63, 3.8) is 0 Å². The van der Waals surface area contributed by atoms with Crippen LogP contribution in [0.5, 0.6) is 5.75 Å². The van der Waals surface area contributed by atoms with Gasteiger partial charge < -0.3 is 14.5 Å². The van der Waals surface area contributed by atoms with Crippen LogP contribution in [0.2, 0.25) is 0 Å². The van der Waals surface area contributed by atoms with Crippen molar-refractivity contribution in [1.29, 1.82) is 5.26 Å². The van der Waals surface area contributed by atoms with Gasteiger partial charge in [0.05, 0.1) is 18.4 Å². The van der Waals surface area contributed by atoms with Gasteiger partial charge in [-0.3, -0.25) is 0 Å². The summed E-state index contributed by atoms with van der Waals surface area (Å²) in [4.78, 5) is 4.42. The number of nitrogens with zero attached hydrogens (tertiary/aromatic N) is 3. The van der Waals surface area contributed by atoms with Crippen LogP contribution < -0.4 is 9.64 Å². The van der Waals surface area contributed by atoms with Gasteiger partial charge in [0.2, 0.25) is 0 Å². The van der Waals surface area contributed by atoms with Crippen molar-refractivity contribution >= 4 is 5.69 Å². The Labute approximate surface area is 122 Å². The normalized spacial score (nSPS) is 10.7. The molecule has 0 aliphatic carbocycles. The Morgan fingerprint density at radius 2 is 1.95 bits per heavy atom. The highest BCUT2D eigenvalue weighted by Gasteiger charge is 2.14. The van der Waals surface area contributed by atoms with Gasteiger partial charge in [-0.2, -0.15) is 5.26 Å². The second-order valence-corrected chi connectivity index (χ2v) is 5.64. The van der Waals surface area contributed by atoms with Crippen LogP contribution in [0.1, 0.15) is 19.4 Å². The number of methoxy groups -OCH3 is 1. The molecule has 20 heavy (non-hydrogen) atoms. The molecule has 0 aromatic heterocycles. The molecular weight excluding hydrogens is 250 g/mol. The third-order valence-electron chi connectivity index (χ3n) is 3.07. The second-order valence-electron chi connectivity index (χ2n) is 5.64. The minimum atomic E-state index is 0.537. The highest BCUT2D eigenvalue weighted by Crippen LogP contribution is 2.26. The zero-order chi connectivity index (χ0) is 15.1. The molecule has 1 rings (SSSR count). The summed E-state index contributed by atoms with van der Waals surface area (Å²) in [5.41, 5.74) is 1.66. The summed E-state index contributed by atoms with van der Waals surface area (Å²) in [5.74, 6) is 1.33. The molecule has 4 heteroatoms. The Bertz CT molecular complexity index is 463. The number of nitriles is 1. The quantitative estimate of drug-likeness (QED) is 0.767. The third-order valence-corrected chi connectivity index (χ3v) is 3.07. The van der Waals surface area contributed by atoms with Gasteiger partial charge in [0.25, 0.3) is 0 Å². The van der Waals surface area contributed by atoms with Crippen LogP contribution in [-0.2, 0) is 0 Å². The van der Waals surface area contributed by atoms with E-state index in [0.29, 0.717) is 11.5 Å². The van der Waals surface area contributed by atoms with Crippen molar-refractivity contribution in [1.82, 2.24) is 4.90 Å². The van der Waals surface area contributed by atoms with Crippen LogP contribution in [0, 0.1) is 17.2 Å². The number of likely N-dealkylation sites (N-methyl/N-ethyl adjacent to an activating group) is 1. The van der Waals surface area contributed by atoms with Gasteiger partial charge in [-0.15, -0.1) is 0 Å². The fourth-order valence-electron chi connectivity index (χ4n) is 2.07. The molecule has 1 aromatic rings. The van der Waals surface area contributed by atoms with Crippen LogP contribution >= 0.6 is 0 Å². The average molecular weight is 275 g/mol. The van der Waals surface area contributed by atoms with Crippen molar-refractivity contribution in [2.75, 3.05) is 45.7 Å². The Morgan fingerprint density at radius 3 is 2.45 bits per heavy atom. The minimum absolute atomic E-state index is 0.537. The van der Waals surface area contributed by atoms with Crippen LogP contribution in [0.15, 0.2) is 18.2 Å². The number of anilines is 1. The lowest BCUT2D eigenvalue weighted by Gasteiger charge is -2.29. The SMILES string of the molecule is COc1ccc(C#N)c(N(CCN(C)C)CC(C)C)c1. The smallest absolute Gasteiger partial charge is 0.121 e. The molecule has 0 saturated heterocycles. The molecule has 0 amide bonds. The monoisotopic (exact) mass is 275 g/mol. The van der Waals surface area contributed by atoms with Crippen LogP contribution in [-0.4, -0.2) is 45.7 Å². The summed E-state index contributed by atoms with van der Waals surface area (Å²) in [6, 6.07) is 7.90. The van der Waals surface area contributed by atoms with E-state index in [1.807, 2.05) is 18.2 Å². The van der Waals surface area contributed by atoms with Gasteiger partial charge in [-0.05, 0) is 32.1 Å². The molecule has 0 aliphatic heterocycles. The van der Waals surface area contributed by atoms with Crippen LogP contribution in [0.25, 0.3) is 0 Å². The highest BCUT2D eigenvalue weighted by molar-refractivity contribution is 5.62. The summed E-state index contributed by atoms with van der Waals surface area (Å²) < 4.78 is 5.29. The number of hydrogen-bond donors (Lipinski definition) is 0. The van der Waals surface area contributed by atoms with E-state index in [2.05, 4.69) is 43.8 Å². The predicted octanol–water partition coefficient (Wildman–Crippen LogP) is 2.59. The second kappa shape index (κ2) is 7.76. The Morgan fingerprint density at radius 1 is 1.25 bits per heavy atom. The molecule has 110 valence electrons. The Balaban J connectivity index is 3.07. The summed E-state index contributed by atoms with van der Waals surface area (Å²) in [6.07, 6.45) is 0. The molecule has 0 N–H and O–H groups in total. The molecule has 0 saturated carbocycles. The van der Waals surface area contributed by atoms with Gasteiger partial charge in [-0.1, -0.05) is 13.8 Å². The summed E-state index contributed by atoms with van der Waals surface area (Å²) >= 11 is 0. The molecule has 0 aliphatic rings. The highest BCUT2D eigenvalue weighted by atomic mass is 16.5. The number of benzene rings is 1.